The maximum atomic E-state index is 6.02. The van der Waals surface area contributed by atoms with E-state index in [0.717, 1.165) is 26.1 Å². The van der Waals surface area contributed by atoms with E-state index >= 15 is 0 Å². The van der Waals surface area contributed by atoms with Gasteiger partial charge in [0.25, 0.3) is 0 Å². The normalized spacial score (nSPS) is 30.1. The van der Waals surface area contributed by atoms with Gasteiger partial charge in [-0.2, -0.15) is 0 Å². The van der Waals surface area contributed by atoms with Gasteiger partial charge in [-0.25, -0.2) is 0 Å². The second-order valence-corrected chi connectivity index (χ2v) is 4.41. The van der Waals surface area contributed by atoms with Gasteiger partial charge in [0.05, 0.1) is 0 Å². The van der Waals surface area contributed by atoms with E-state index in [0.29, 0.717) is 6.04 Å². The highest BCUT2D eigenvalue weighted by Crippen LogP contribution is 2.27. The molecule has 70 valence electrons. The largest absolute Gasteiger partial charge is 0.327 e. The number of hydrogen-bond acceptors (Lipinski definition) is 2. The summed E-state index contributed by atoms with van der Waals surface area (Å²) in [6.45, 7) is 11.4. The zero-order valence-corrected chi connectivity index (χ0v) is 8.21. The Kier molecular flexibility index (Phi) is 2.91. The number of likely N-dealkylation sites (tertiary alicyclic amines) is 1. The van der Waals surface area contributed by atoms with Crippen LogP contribution in [0.1, 0.15) is 20.3 Å². The quantitative estimate of drug-likeness (QED) is 0.628. The first-order valence-electron chi connectivity index (χ1n) is 4.65. The van der Waals surface area contributed by atoms with Gasteiger partial charge in [0.15, 0.2) is 0 Å². The Morgan fingerprint density at radius 3 is 2.83 bits per heavy atom. The molecule has 2 heteroatoms. The zero-order valence-electron chi connectivity index (χ0n) is 8.21. The van der Waals surface area contributed by atoms with E-state index < -0.39 is 0 Å². The molecule has 12 heavy (non-hydrogen) atoms. The van der Waals surface area contributed by atoms with Gasteiger partial charge in [0.2, 0.25) is 0 Å². The molecule has 1 atom stereocenters. The highest BCUT2D eigenvalue weighted by Gasteiger charge is 2.32. The van der Waals surface area contributed by atoms with E-state index in [2.05, 4.69) is 25.3 Å². The monoisotopic (exact) mass is 168 g/mol. The number of nitrogens with two attached hydrogens (primary N) is 1. The van der Waals surface area contributed by atoms with Crippen LogP contribution in [0.4, 0.5) is 0 Å². The van der Waals surface area contributed by atoms with Crippen LogP contribution in [-0.4, -0.2) is 30.6 Å². The van der Waals surface area contributed by atoms with E-state index in [1.54, 1.807) is 0 Å². The van der Waals surface area contributed by atoms with Gasteiger partial charge >= 0.3 is 0 Å². The molecule has 1 aliphatic rings. The van der Waals surface area contributed by atoms with Crippen molar-refractivity contribution in [3.63, 3.8) is 0 Å². The fraction of sp³-hybridized carbons (Fsp3) is 0.800. The van der Waals surface area contributed by atoms with Crippen LogP contribution in [0.25, 0.3) is 0 Å². The van der Waals surface area contributed by atoms with Crippen LogP contribution in [0.2, 0.25) is 0 Å². The molecule has 1 rings (SSSR count). The Morgan fingerprint density at radius 1 is 1.67 bits per heavy atom. The van der Waals surface area contributed by atoms with Crippen molar-refractivity contribution in [2.75, 3.05) is 19.6 Å². The van der Waals surface area contributed by atoms with Crippen LogP contribution < -0.4 is 5.73 Å². The van der Waals surface area contributed by atoms with Crippen molar-refractivity contribution < 1.29 is 0 Å². The van der Waals surface area contributed by atoms with Crippen molar-refractivity contribution in [3.05, 3.63) is 12.7 Å². The van der Waals surface area contributed by atoms with E-state index in [-0.39, 0.29) is 5.41 Å². The standard InChI is InChI=1S/C10H20N2/c1-4-6-12-7-5-9(11)10(2,3)8-12/h4,9H,1,5-8,11H2,2-3H3. The first kappa shape index (κ1) is 9.75. The third-order valence-electron chi connectivity index (χ3n) is 2.78. The summed E-state index contributed by atoms with van der Waals surface area (Å²) in [6, 6.07) is 0.360. The van der Waals surface area contributed by atoms with Gasteiger partial charge in [-0.3, -0.25) is 4.90 Å². The molecule has 0 spiro atoms. The molecule has 1 heterocycles. The third-order valence-corrected chi connectivity index (χ3v) is 2.78. The lowest BCUT2D eigenvalue weighted by Crippen LogP contribution is -2.52. The minimum Gasteiger partial charge on any atom is -0.327 e. The molecule has 0 aliphatic carbocycles. The molecule has 1 saturated heterocycles. The van der Waals surface area contributed by atoms with Gasteiger partial charge < -0.3 is 5.73 Å². The summed E-state index contributed by atoms with van der Waals surface area (Å²) in [4.78, 5) is 2.41. The third kappa shape index (κ3) is 2.08. The average Bonchev–Trinajstić information content (AvgIpc) is 1.97. The molecule has 0 bridgehead atoms. The lowest BCUT2D eigenvalue weighted by Gasteiger charge is -2.42. The van der Waals surface area contributed by atoms with Crippen LogP contribution in [-0.2, 0) is 0 Å². The van der Waals surface area contributed by atoms with Crippen molar-refractivity contribution in [1.82, 2.24) is 4.90 Å². The summed E-state index contributed by atoms with van der Waals surface area (Å²) in [5.41, 5.74) is 6.28. The van der Waals surface area contributed by atoms with Crippen molar-refractivity contribution in [2.24, 2.45) is 11.1 Å². The fourth-order valence-corrected chi connectivity index (χ4v) is 1.82. The molecule has 1 aliphatic heterocycles. The molecular weight excluding hydrogens is 148 g/mol. The Balaban J connectivity index is 2.50. The summed E-state index contributed by atoms with van der Waals surface area (Å²) in [5.74, 6) is 0. The Labute approximate surface area is 75.4 Å². The van der Waals surface area contributed by atoms with E-state index in [1.165, 1.54) is 0 Å². The lowest BCUT2D eigenvalue weighted by atomic mass is 9.80. The van der Waals surface area contributed by atoms with E-state index in [4.69, 9.17) is 5.73 Å². The fourth-order valence-electron chi connectivity index (χ4n) is 1.82. The number of hydrogen-bond donors (Lipinski definition) is 1. The molecule has 0 radical (unpaired) electrons. The number of piperidine rings is 1. The maximum absolute atomic E-state index is 6.02. The Morgan fingerprint density at radius 2 is 2.33 bits per heavy atom. The molecule has 2 nitrogen and oxygen atoms in total. The summed E-state index contributed by atoms with van der Waals surface area (Å²) in [6.07, 6.45) is 3.08. The topological polar surface area (TPSA) is 29.3 Å². The average molecular weight is 168 g/mol. The lowest BCUT2D eigenvalue weighted by molar-refractivity contribution is 0.105. The van der Waals surface area contributed by atoms with Gasteiger partial charge in [-0.1, -0.05) is 19.9 Å². The van der Waals surface area contributed by atoms with Crippen molar-refractivity contribution in [2.45, 2.75) is 26.3 Å². The molecule has 0 aromatic carbocycles. The number of nitrogens with zero attached hydrogens (tertiary/aromatic N) is 1. The number of rotatable bonds is 2. The summed E-state index contributed by atoms with van der Waals surface area (Å²) in [5, 5.41) is 0. The predicted molar refractivity (Wildman–Crippen MR) is 53.0 cm³/mol. The summed E-state index contributed by atoms with van der Waals surface area (Å²) >= 11 is 0. The van der Waals surface area contributed by atoms with Gasteiger partial charge in [-0.15, -0.1) is 6.58 Å². The first-order chi connectivity index (χ1) is 5.56. The molecule has 0 aromatic rings. The smallest absolute Gasteiger partial charge is 0.0160 e. The highest BCUT2D eigenvalue weighted by atomic mass is 15.1. The molecule has 0 saturated carbocycles. The molecule has 1 unspecified atom stereocenters. The van der Waals surface area contributed by atoms with Gasteiger partial charge in [0, 0.05) is 19.1 Å². The Hall–Kier alpha value is -0.340. The minimum absolute atomic E-state index is 0.265. The maximum Gasteiger partial charge on any atom is 0.0160 e. The van der Waals surface area contributed by atoms with Crippen molar-refractivity contribution >= 4 is 0 Å². The van der Waals surface area contributed by atoms with Crippen molar-refractivity contribution in [1.29, 1.82) is 0 Å². The predicted octanol–water partition coefficient (Wildman–Crippen LogP) is 1.23. The second-order valence-electron chi connectivity index (χ2n) is 4.41. The van der Waals surface area contributed by atoms with Crippen LogP contribution in [0, 0.1) is 5.41 Å². The summed E-state index contributed by atoms with van der Waals surface area (Å²) in [7, 11) is 0. The minimum atomic E-state index is 0.265. The van der Waals surface area contributed by atoms with Crippen LogP contribution in [0.3, 0.4) is 0 Å². The zero-order chi connectivity index (χ0) is 9.19. The second kappa shape index (κ2) is 3.58. The van der Waals surface area contributed by atoms with Crippen LogP contribution in [0.15, 0.2) is 12.7 Å². The molecular formula is C10H20N2. The Bertz CT molecular complexity index is 163. The molecule has 0 aromatic heterocycles. The SMILES string of the molecule is C=CCN1CCC(N)C(C)(C)C1. The van der Waals surface area contributed by atoms with Crippen molar-refractivity contribution in [3.8, 4) is 0 Å². The first-order valence-corrected chi connectivity index (χ1v) is 4.65. The summed E-state index contributed by atoms with van der Waals surface area (Å²) < 4.78 is 0. The van der Waals surface area contributed by atoms with Crippen LogP contribution >= 0.6 is 0 Å². The van der Waals surface area contributed by atoms with Gasteiger partial charge in [-0.05, 0) is 18.4 Å². The molecule has 1 fully saturated rings. The highest BCUT2D eigenvalue weighted by molar-refractivity contribution is 4.91. The molecule has 2 N–H and O–H groups in total. The van der Waals surface area contributed by atoms with E-state index in [1.807, 2.05) is 6.08 Å². The van der Waals surface area contributed by atoms with E-state index in [9.17, 15) is 0 Å². The van der Waals surface area contributed by atoms with Crippen LogP contribution in [0.5, 0.6) is 0 Å². The molecule has 0 amide bonds. The van der Waals surface area contributed by atoms with Gasteiger partial charge in [0.1, 0.15) is 0 Å².